The zero-order valence-electron chi connectivity index (χ0n) is 5.92. The van der Waals surface area contributed by atoms with Crippen molar-refractivity contribution in [2.45, 2.75) is 6.92 Å². The monoisotopic (exact) mass is 146 g/mol. The van der Waals surface area contributed by atoms with Gasteiger partial charge in [0.25, 0.3) is 0 Å². The van der Waals surface area contributed by atoms with Crippen molar-refractivity contribution in [3.05, 3.63) is 21.5 Å². The van der Waals surface area contributed by atoms with Gasteiger partial charge in [-0.3, -0.25) is 5.32 Å². The minimum absolute atomic E-state index is 0.137. The molecule has 10 heavy (non-hydrogen) atoms. The van der Waals surface area contributed by atoms with Crippen LogP contribution in [0.25, 0.3) is 0 Å². The predicted molar refractivity (Wildman–Crippen MR) is 35.8 cm³/mol. The lowest BCUT2D eigenvalue weighted by Gasteiger charge is -2.00. The largest absolute Gasteiger partial charge is 0.392 e. The number of nitro groups is 1. The molecule has 58 valence electrons. The van der Waals surface area contributed by atoms with E-state index in [0.717, 1.165) is 0 Å². The minimum atomic E-state index is -0.564. The van der Waals surface area contributed by atoms with Crippen LogP contribution in [-0.4, -0.2) is 23.7 Å². The molecule has 2 N–H and O–H groups in total. The Hall–Kier alpha value is -1.10. The van der Waals surface area contributed by atoms with Crippen LogP contribution in [0.3, 0.4) is 0 Å². The average Bonchev–Trinajstić information content (AvgIpc) is 1.88. The Morgan fingerprint density at radius 3 is 2.40 bits per heavy atom. The van der Waals surface area contributed by atoms with Crippen LogP contribution in [0.4, 0.5) is 0 Å². The van der Waals surface area contributed by atoms with Crippen molar-refractivity contribution in [2.24, 2.45) is 0 Å². The van der Waals surface area contributed by atoms with Crippen LogP contribution in [0.5, 0.6) is 0 Å². The Bertz CT molecular complexity index is 164. The van der Waals surface area contributed by atoms with Gasteiger partial charge >= 0.3 is 5.82 Å². The van der Waals surface area contributed by atoms with Gasteiger partial charge in [0.2, 0.25) is 0 Å². The van der Waals surface area contributed by atoms with E-state index in [1.54, 1.807) is 0 Å². The molecule has 0 aliphatic heterocycles. The molecule has 0 saturated heterocycles. The smallest absolute Gasteiger partial charge is 0.317 e. The maximum absolute atomic E-state index is 10.1. The summed E-state index contributed by atoms with van der Waals surface area (Å²) in [6.07, 6.45) is 0. The molecule has 0 heterocycles. The van der Waals surface area contributed by atoms with Crippen LogP contribution >= 0.6 is 0 Å². The summed E-state index contributed by atoms with van der Waals surface area (Å²) >= 11 is 0. The number of nitrogens with zero attached hydrogens (tertiary/aromatic N) is 1. The Morgan fingerprint density at radius 1 is 1.80 bits per heavy atom. The lowest BCUT2D eigenvalue weighted by Crippen LogP contribution is -2.17. The fraction of sp³-hybridized carbons (Fsp3) is 0.600. The lowest BCUT2D eigenvalue weighted by molar-refractivity contribution is -0.432. The highest BCUT2D eigenvalue weighted by molar-refractivity contribution is 5.02. The van der Waals surface area contributed by atoms with Crippen molar-refractivity contribution in [3.63, 3.8) is 0 Å². The maximum Gasteiger partial charge on any atom is 0.317 e. The molecule has 5 heteroatoms. The Labute approximate surface area is 58.5 Å². The molecule has 0 spiro atoms. The molecule has 0 aromatic heterocycles. The number of nitrogens with one attached hydrogen (secondary N) is 1. The van der Waals surface area contributed by atoms with E-state index >= 15 is 0 Å². The van der Waals surface area contributed by atoms with E-state index in [2.05, 4.69) is 5.32 Å². The molecule has 0 amide bonds. The predicted octanol–water partition coefficient (Wildman–Crippen LogP) is -0.294. The zero-order chi connectivity index (χ0) is 8.15. The van der Waals surface area contributed by atoms with Crippen molar-refractivity contribution in [1.82, 2.24) is 5.32 Å². The molecule has 0 aliphatic rings. The average molecular weight is 146 g/mol. The summed E-state index contributed by atoms with van der Waals surface area (Å²) in [5, 5.41) is 21.0. The van der Waals surface area contributed by atoms with Gasteiger partial charge in [-0.05, 0) is 11.8 Å². The van der Waals surface area contributed by atoms with Gasteiger partial charge in [-0.2, -0.15) is 0 Å². The van der Waals surface area contributed by atoms with Crippen LogP contribution in [0.2, 0.25) is 0 Å². The van der Waals surface area contributed by atoms with Gasteiger partial charge < -0.3 is 15.2 Å². The van der Waals surface area contributed by atoms with Gasteiger partial charge in [-0.25, -0.2) is 0 Å². The lowest BCUT2D eigenvalue weighted by atomic mass is 10.3. The summed E-state index contributed by atoms with van der Waals surface area (Å²) in [5.74, 6) is -0.137. The van der Waals surface area contributed by atoms with Gasteiger partial charge in [0.1, 0.15) is 0 Å². The fourth-order valence-electron chi connectivity index (χ4n) is 0.535. The molecule has 0 atom stereocenters. The third-order valence-corrected chi connectivity index (χ3v) is 1.06. The Balaban J connectivity index is 4.45. The second-order valence-corrected chi connectivity index (χ2v) is 1.79. The number of rotatable bonds is 3. The molecule has 0 fully saturated rings. The summed E-state index contributed by atoms with van der Waals surface area (Å²) in [5.41, 5.74) is 0.326. The minimum Gasteiger partial charge on any atom is -0.392 e. The van der Waals surface area contributed by atoms with Crippen LogP contribution < -0.4 is 5.32 Å². The highest BCUT2D eigenvalue weighted by Gasteiger charge is 2.08. The highest BCUT2D eigenvalue weighted by Crippen LogP contribution is 1.98. The SMILES string of the molecule is CN/C(=C(\C)CO)[N+](=O)[O-]. The maximum atomic E-state index is 10.1. The number of aliphatic hydroxyl groups is 1. The van der Waals surface area contributed by atoms with Crippen LogP contribution in [-0.2, 0) is 0 Å². The summed E-state index contributed by atoms with van der Waals surface area (Å²) < 4.78 is 0. The summed E-state index contributed by atoms with van der Waals surface area (Å²) in [7, 11) is 1.44. The first-order chi connectivity index (χ1) is 4.63. The Kier molecular flexibility index (Phi) is 3.42. The molecule has 5 nitrogen and oxygen atoms in total. The first-order valence-corrected chi connectivity index (χ1v) is 2.76. The van der Waals surface area contributed by atoms with Gasteiger partial charge in [-0.1, -0.05) is 0 Å². The van der Waals surface area contributed by atoms with Gasteiger partial charge in [0.15, 0.2) is 0 Å². The molecular formula is C5H10N2O3. The van der Waals surface area contributed by atoms with E-state index in [9.17, 15) is 10.1 Å². The number of hydrogen-bond donors (Lipinski definition) is 2. The standard InChI is InChI=1S/C5H10N2O3/c1-4(3-8)5(6-2)7(9)10/h6,8H,3H2,1-2H3/b5-4-. The summed E-state index contributed by atoms with van der Waals surface area (Å²) in [6.45, 7) is 1.20. The Morgan fingerprint density at radius 2 is 2.30 bits per heavy atom. The third-order valence-electron chi connectivity index (χ3n) is 1.06. The molecule has 0 radical (unpaired) electrons. The second kappa shape index (κ2) is 3.84. The third kappa shape index (κ3) is 2.02. The highest BCUT2D eigenvalue weighted by atomic mass is 16.6. The number of hydrogen-bond acceptors (Lipinski definition) is 4. The van der Waals surface area contributed by atoms with Crippen molar-refractivity contribution < 1.29 is 10.0 Å². The van der Waals surface area contributed by atoms with Crippen LogP contribution in [0, 0.1) is 10.1 Å². The fourth-order valence-corrected chi connectivity index (χ4v) is 0.535. The van der Waals surface area contributed by atoms with Gasteiger partial charge in [-0.15, -0.1) is 0 Å². The molecule has 0 aromatic rings. The van der Waals surface area contributed by atoms with Crippen molar-refractivity contribution in [2.75, 3.05) is 13.7 Å². The quantitative estimate of drug-likeness (QED) is 0.423. The van der Waals surface area contributed by atoms with E-state index in [-0.39, 0.29) is 12.4 Å². The van der Waals surface area contributed by atoms with Gasteiger partial charge in [0, 0.05) is 5.57 Å². The van der Waals surface area contributed by atoms with E-state index in [1.165, 1.54) is 14.0 Å². The van der Waals surface area contributed by atoms with Crippen molar-refractivity contribution >= 4 is 0 Å². The molecular weight excluding hydrogens is 136 g/mol. The normalized spacial score (nSPS) is 12.3. The van der Waals surface area contributed by atoms with E-state index in [1.807, 2.05) is 0 Å². The van der Waals surface area contributed by atoms with E-state index in [4.69, 9.17) is 5.11 Å². The second-order valence-electron chi connectivity index (χ2n) is 1.79. The molecule has 0 bridgehead atoms. The van der Waals surface area contributed by atoms with Crippen molar-refractivity contribution in [3.8, 4) is 0 Å². The zero-order valence-corrected chi connectivity index (χ0v) is 5.92. The van der Waals surface area contributed by atoms with Gasteiger partial charge in [0.05, 0.1) is 13.7 Å². The molecule has 0 aliphatic carbocycles. The molecule has 0 saturated carbocycles. The van der Waals surface area contributed by atoms with E-state index in [0.29, 0.717) is 5.57 Å². The topological polar surface area (TPSA) is 75.4 Å². The molecule has 0 unspecified atom stereocenters. The first-order valence-electron chi connectivity index (χ1n) is 2.76. The van der Waals surface area contributed by atoms with E-state index < -0.39 is 4.92 Å². The molecule has 0 aromatic carbocycles. The van der Waals surface area contributed by atoms with Crippen molar-refractivity contribution in [1.29, 1.82) is 0 Å². The first kappa shape index (κ1) is 8.90. The summed E-state index contributed by atoms with van der Waals surface area (Å²) in [4.78, 5) is 9.54. The van der Waals surface area contributed by atoms with Crippen LogP contribution in [0.1, 0.15) is 6.92 Å². The van der Waals surface area contributed by atoms with Crippen LogP contribution in [0.15, 0.2) is 11.4 Å². The molecule has 0 rings (SSSR count). The summed E-state index contributed by atoms with van der Waals surface area (Å²) in [6, 6.07) is 0. The number of aliphatic hydroxyl groups excluding tert-OH is 1.